The van der Waals surface area contributed by atoms with E-state index in [2.05, 4.69) is 5.32 Å². The van der Waals surface area contributed by atoms with E-state index in [1.165, 1.54) is 4.90 Å². The van der Waals surface area contributed by atoms with E-state index in [0.29, 0.717) is 30.8 Å². The third-order valence-corrected chi connectivity index (χ3v) is 3.35. The molecular weight excluding hydrogens is 274 g/mol. The zero-order chi connectivity index (χ0) is 15.4. The number of carbonyl (C=O) groups excluding carboxylic acids is 2. The Hall–Kier alpha value is -2.41. The Morgan fingerprint density at radius 3 is 2.29 bits per heavy atom. The molecule has 21 heavy (non-hydrogen) atoms. The summed E-state index contributed by atoms with van der Waals surface area (Å²) >= 11 is 0. The van der Waals surface area contributed by atoms with Crippen LogP contribution >= 0.6 is 0 Å². The van der Waals surface area contributed by atoms with Crippen LogP contribution in [0.2, 0.25) is 0 Å². The molecule has 0 saturated heterocycles. The van der Waals surface area contributed by atoms with Crippen molar-refractivity contribution in [3.05, 3.63) is 35.4 Å². The fourth-order valence-electron chi connectivity index (χ4n) is 2.18. The van der Waals surface area contributed by atoms with Crippen LogP contribution in [0.5, 0.6) is 0 Å². The molecule has 2 N–H and O–H groups in total. The number of nitrogens with zero attached hydrogens (tertiary/aromatic N) is 2. The van der Waals surface area contributed by atoms with Gasteiger partial charge in [0.25, 0.3) is 11.8 Å². The number of likely N-dealkylation sites (N-methyl/N-ethyl adjacent to an activating group) is 1. The van der Waals surface area contributed by atoms with Gasteiger partial charge in [0.05, 0.1) is 11.1 Å². The van der Waals surface area contributed by atoms with Crippen LogP contribution in [0.15, 0.2) is 24.3 Å². The molecule has 0 spiro atoms. The van der Waals surface area contributed by atoms with Crippen molar-refractivity contribution in [1.29, 1.82) is 0 Å². The third-order valence-electron chi connectivity index (χ3n) is 3.35. The van der Waals surface area contributed by atoms with E-state index in [1.54, 1.807) is 24.3 Å². The fourth-order valence-corrected chi connectivity index (χ4v) is 2.18. The first-order valence-corrected chi connectivity index (χ1v) is 6.61. The predicted molar refractivity (Wildman–Crippen MR) is 75.3 cm³/mol. The second kappa shape index (κ2) is 6.36. The van der Waals surface area contributed by atoms with Gasteiger partial charge in [0.15, 0.2) is 0 Å². The molecule has 3 amide bonds. The molecule has 0 saturated carbocycles. The normalized spacial score (nSPS) is 13.7. The largest absolute Gasteiger partial charge is 0.465 e. The van der Waals surface area contributed by atoms with Gasteiger partial charge in [-0.2, -0.15) is 0 Å². The summed E-state index contributed by atoms with van der Waals surface area (Å²) in [7, 11) is 1.81. The highest BCUT2D eigenvalue weighted by atomic mass is 16.4. The van der Waals surface area contributed by atoms with Crippen molar-refractivity contribution in [2.45, 2.75) is 0 Å². The molecule has 0 bridgehead atoms. The Morgan fingerprint density at radius 2 is 1.76 bits per heavy atom. The molecule has 0 fully saturated rings. The van der Waals surface area contributed by atoms with Gasteiger partial charge in [-0.25, -0.2) is 4.79 Å². The first kappa shape index (κ1) is 15.0. The van der Waals surface area contributed by atoms with E-state index < -0.39 is 6.09 Å². The number of amides is 3. The molecule has 7 nitrogen and oxygen atoms in total. The maximum atomic E-state index is 12.1. The zero-order valence-corrected chi connectivity index (χ0v) is 11.7. The van der Waals surface area contributed by atoms with Crippen LogP contribution in [0, 0.1) is 0 Å². The molecule has 1 aromatic rings. The molecule has 0 aliphatic carbocycles. The Morgan fingerprint density at radius 1 is 1.19 bits per heavy atom. The lowest BCUT2D eigenvalue weighted by Gasteiger charge is -2.20. The number of imide groups is 1. The van der Waals surface area contributed by atoms with Crippen LogP contribution < -0.4 is 5.32 Å². The van der Waals surface area contributed by atoms with Crippen molar-refractivity contribution in [3.63, 3.8) is 0 Å². The summed E-state index contributed by atoms with van der Waals surface area (Å²) in [6.07, 6.45) is -1.07. The van der Waals surface area contributed by atoms with Crippen LogP contribution in [0.4, 0.5) is 4.79 Å². The Labute approximate surface area is 122 Å². The second-order valence-electron chi connectivity index (χ2n) is 4.84. The quantitative estimate of drug-likeness (QED) is 0.744. The fraction of sp³-hybridized carbons (Fsp3) is 0.357. The maximum absolute atomic E-state index is 12.1. The van der Waals surface area contributed by atoms with Crippen LogP contribution in [0.3, 0.4) is 0 Å². The van der Waals surface area contributed by atoms with E-state index in [1.807, 2.05) is 11.9 Å². The average Bonchev–Trinajstić information content (AvgIpc) is 2.69. The SMILES string of the molecule is CN(CCNC(=O)O)CCN1C(=O)c2ccccc2C1=O. The molecule has 0 aromatic heterocycles. The van der Waals surface area contributed by atoms with Crippen molar-refractivity contribution >= 4 is 17.9 Å². The summed E-state index contributed by atoms with van der Waals surface area (Å²) in [5.41, 5.74) is 0.885. The molecular formula is C14H17N3O4. The van der Waals surface area contributed by atoms with Gasteiger partial charge in [-0.1, -0.05) is 12.1 Å². The first-order chi connectivity index (χ1) is 10.0. The lowest BCUT2D eigenvalue weighted by Crippen LogP contribution is -2.39. The highest BCUT2D eigenvalue weighted by Crippen LogP contribution is 2.21. The smallest absolute Gasteiger partial charge is 0.404 e. The highest BCUT2D eigenvalue weighted by molar-refractivity contribution is 6.21. The standard InChI is InChI=1S/C14H17N3O4/c1-16(7-6-15-14(20)21)8-9-17-12(18)10-4-2-3-5-11(10)13(17)19/h2-5,15H,6-9H2,1H3,(H,20,21). The van der Waals surface area contributed by atoms with Gasteiger partial charge in [0, 0.05) is 26.2 Å². The third kappa shape index (κ3) is 3.38. The number of rotatable bonds is 6. The van der Waals surface area contributed by atoms with Crippen molar-refractivity contribution in [2.24, 2.45) is 0 Å². The number of hydrogen-bond donors (Lipinski definition) is 2. The number of hydrogen-bond acceptors (Lipinski definition) is 4. The first-order valence-electron chi connectivity index (χ1n) is 6.61. The summed E-state index contributed by atoms with van der Waals surface area (Å²) in [5.74, 6) is -0.541. The van der Waals surface area contributed by atoms with Gasteiger partial charge in [0.2, 0.25) is 0 Å². The van der Waals surface area contributed by atoms with E-state index in [9.17, 15) is 14.4 Å². The summed E-state index contributed by atoms with van der Waals surface area (Å²) in [4.78, 5) is 37.7. The van der Waals surface area contributed by atoms with Crippen LogP contribution in [-0.4, -0.2) is 66.0 Å². The van der Waals surface area contributed by atoms with Gasteiger partial charge >= 0.3 is 6.09 Å². The van der Waals surface area contributed by atoms with Crippen molar-refractivity contribution in [3.8, 4) is 0 Å². The number of carbonyl (C=O) groups is 3. The van der Waals surface area contributed by atoms with Crippen molar-refractivity contribution in [1.82, 2.24) is 15.1 Å². The molecule has 0 radical (unpaired) electrons. The monoisotopic (exact) mass is 291 g/mol. The highest BCUT2D eigenvalue weighted by Gasteiger charge is 2.34. The maximum Gasteiger partial charge on any atom is 0.404 e. The van der Waals surface area contributed by atoms with Crippen LogP contribution in [0.25, 0.3) is 0 Å². The summed E-state index contributed by atoms with van der Waals surface area (Å²) < 4.78 is 0. The predicted octanol–water partition coefficient (Wildman–Crippen LogP) is 0.482. The lowest BCUT2D eigenvalue weighted by molar-refractivity contribution is 0.0641. The molecule has 0 unspecified atom stereocenters. The van der Waals surface area contributed by atoms with Gasteiger partial charge in [0.1, 0.15) is 0 Å². The van der Waals surface area contributed by atoms with E-state index >= 15 is 0 Å². The molecule has 2 rings (SSSR count). The summed E-state index contributed by atoms with van der Waals surface area (Å²) in [6, 6.07) is 6.76. The number of nitrogens with one attached hydrogen (secondary N) is 1. The molecule has 1 aromatic carbocycles. The molecule has 112 valence electrons. The Bertz CT molecular complexity index is 538. The van der Waals surface area contributed by atoms with Gasteiger partial charge in [-0.15, -0.1) is 0 Å². The lowest BCUT2D eigenvalue weighted by atomic mass is 10.1. The zero-order valence-electron chi connectivity index (χ0n) is 11.7. The molecule has 0 atom stereocenters. The Balaban J connectivity index is 1.86. The molecule has 1 heterocycles. The topological polar surface area (TPSA) is 90.0 Å². The minimum Gasteiger partial charge on any atom is -0.465 e. The Kier molecular flexibility index (Phi) is 4.54. The van der Waals surface area contributed by atoms with E-state index in [4.69, 9.17) is 5.11 Å². The number of carboxylic acid groups (broad SMARTS) is 1. The van der Waals surface area contributed by atoms with E-state index in [0.717, 1.165) is 0 Å². The molecule has 7 heteroatoms. The molecule has 1 aliphatic heterocycles. The van der Waals surface area contributed by atoms with Crippen LogP contribution in [0.1, 0.15) is 20.7 Å². The number of benzene rings is 1. The summed E-state index contributed by atoms with van der Waals surface area (Å²) in [5, 5.41) is 10.7. The second-order valence-corrected chi connectivity index (χ2v) is 4.84. The number of fused-ring (bicyclic) bond motifs is 1. The van der Waals surface area contributed by atoms with Crippen molar-refractivity contribution < 1.29 is 19.5 Å². The summed E-state index contributed by atoms with van der Waals surface area (Å²) in [6.45, 7) is 1.59. The van der Waals surface area contributed by atoms with Crippen molar-refractivity contribution in [2.75, 3.05) is 33.2 Å². The van der Waals surface area contributed by atoms with E-state index in [-0.39, 0.29) is 18.4 Å². The van der Waals surface area contributed by atoms with Gasteiger partial charge < -0.3 is 15.3 Å². The van der Waals surface area contributed by atoms with Crippen LogP contribution in [-0.2, 0) is 0 Å². The average molecular weight is 291 g/mol. The van der Waals surface area contributed by atoms with Gasteiger partial charge in [-0.3, -0.25) is 14.5 Å². The minimum atomic E-state index is -1.07. The van der Waals surface area contributed by atoms with Gasteiger partial charge in [-0.05, 0) is 19.2 Å². The minimum absolute atomic E-state index is 0.271. The molecule has 1 aliphatic rings.